The highest BCUT2D eigenvalue weighted by molar-refractivity contribution is 7.89. The number of carbonyl (C=O) groups excluding carboxylic acids is 2. The molecule has 3 rings (SSSR count). The summed E-state index contributed by atoms with van der Waals surface area (Å²) in [6, 6.07) is 12.7. The number of hydrogen-bond acceptors (Lipinski definition) is 6. The topological polar surface area (TPSA) is 104 Å². The Bertz CT molecular complexity index is 1030. The SMILES string of the molecule is Cc1ccc(O)c(C(=O)OC(C)C(=O)N2CCN(S(=O)(=O)c3ccccc3)CC2)c1. The van der Waals surface area contributed by atoms with Gasteiger partial charge in [-0.05, 0) is 38.1 Å². The smallest absolute Gasteiger partial charge is 0.342 e. The van der Waals surface area contributed by atoms with Crippen molar-refractivity contribution in [2.75, 3.05) is 26.2 Å². The Hall–Kier alpha value is -2.91. The van der Waals surface area contributed by atoms with Crippen LogP contribution in [0.1, 0.15) is 22.8 Å². The van der Waals surface area contributed by atoms with Crippen molar-refractivity contribution in [2.45, 2.75) is 24.8 Å². The van der Waals surface area contributed by atoms with E-state index in [1.165, 1.54) is 40.4 Å². The van der Waals surface area contributed by atoms with Crippen molar-refractivity contribution in [1.82, 2.24) is 9.21 Å². The quantitative estimate of drug-likeness (QED) is 0.723. The first kappa shape index (κ1) is 21.8. The van der Waals surface area contributed by atoms with Crippen molar-refractivity contribution in [3.63, 3.8) is 0 Å². The molecule has 8 nitrogen and oxygen atoms in total. The summed E-state index contributed by atoms with van der Waals surface area (Å²) in [6.45, 7) is 3.93. The number of ether oxygens (including phenoxy) is 1. The minimum Gasteiger partial charge on any atom is -0.507 e. The fourth-order valence-corrected chi connectivity index (χ4v) is 4.68. The molecule has 2 aromatic carbocycles. The number of esters is 1. The van der Waals surface area contributed by atoms with Crippen molar-refractivity contribution < 1.29 is 27.9 Å². The first-order valence-corrected chi connectivity index (χ1v) is 11.0. The predicted molar refractivity (Wildman–Crippen MR) is 110 cm³/mol. The summed E-state index contributed by atoms with van der Waals surface area (Å²) in [5.41, 5.74) is 0.767. The summed E-state index contributed by atoms with van der Waals surface area (Å²) in [6.07, 6.45) is -1.06. The predicted octanol–water partition coefficient (Wildman–Crippen LogP) is 1.78. The molecule has 1 atom stereocenters. The monoisotopic (exact) mass is 432 g/mol. The molecule has 0 spiro atoms. The summed E-state index contributed by atoms with van der Waals surface area (Å²) in [5.74, 6) is -1.42. The normalized spacial score (nSPS) is 16.1. The van der Waals surface area contributed by atoms with Crippen LogP contribution in [-0.4, -0.2) is 66.9 Å². The summed E-state index contributed by atoms with van der Waals surface area (Å²) in [4.78, 5) is 26.7. The Labute approximate surface area is 175 Å². The van der Waals surface area contributed by atoms with Gasteiger partial charge in [0.15, 0.2) is 6.10 Å². The van der Waals surface area contributed by atoms with E-state index in [0.717, 1.165) is 5.56 Å². The Morgan fingerprint density at radius 1 is 1.03 bits per heavy atom. The Balaban J connectivity index is 1.59. The second-order valence-electron chi connectivity index (χ2n) is 7.11. The van der Waals surface area contributed by atoms with E-state index in [-0.39, 0.29) is 42.4 Å². The van der Waals surface area contributed by atoms with Crippen LogP contribution in [0.25, 0.3) is 0 Å². The number of phenols is 1. The van der Waals surface area contributed by atoms with Gasteiger partial charge >= 0.3 is 5.97 Å². The fraction of sp³-hybridized carbons (Fsp3) is 0.333. The largest absolute Gasteiger partial charge is 0.507 e. The molecule has 1 saturated heterocycles. The maximum Gasteiger partial charge on any atom is 0.342 e. The second-order valence-corrected chi connectivity index (χ2v) is 9.05. The number of amides is 1. The van der Waals surface area contributed by atoms with Crippen LogP contribution in [0.15, 0.2) is 53.4 Å². The molecule has 1 amide bonds. The standard InChI is InChI=1S/C21H24N2O6S/c1-15-8-9-19(24)18(14-15)21(26)29-16(2)20(25)22-10-12-23(13-11-22)30(27,28)17-6-4-3-5-7-17/h3-9,14,16,24H,10-13H2,1-2H3. The van der Waals surface area contributed by atoms with Gasteiger partial charge in [-0.3, -0.25) is 4.79 Å². The van der Waals surface area contributed by atoms with E-state index in [4.69, 9.17) is 4.74 Å². The van der Waals surface area contributed by atoms with Crippen molar-refractivity contribution >= 4 is 21.9 Å². The van der Waals surface area contributed by atoms with Crippen molar-refractivity contribution in [3.8, 4) is 5.75 Å². The van der Waals surface area contributed by atoms with Crippen LogP contribution in [0.4, 0.5) is 0 Å². The number of rotatable bonds is 5. The van der Waals surface area contributed by atoms with E-state index in [0.29, 0.717) is 0 Å². The third-order valence-corrected chi connectivity index (χ3v) is 6.85. The van der Waals surface area contributed by atoms with Gasteiger partial charge in [0.05, 0.1) is 4.90 Å². The number of hydrogen-bond donors (Lipinski definition) is 1. The summed E-state index contributed by atoms with van der Waals surface area (Å²) in [7, 11) is -3.61. The molecule has 0 saturated carbocycles. The molecule has 30 heavy (non-hydrogen) atoms. The van der Waals surface area contributed by atoms with Gasteiger partial charge in [-0.25, -0.2) is 13.2 Å². The zero-order valence-electron chi connectivity index (χ0n) is 16.8. The number of piperazine rings is 1. The Morgan fingerprint density at radius 3 is 2.30 bits per heavy atom. The van der Waals surface area contributed by atoms with Crippen LogP contribution < -0.4 is 0 Å². The van der Waals surface area contributed by atoms with Gasteiger partial charge in [0.25, 0.3) is 5.91 Å². The molecule has 1 aliphatic heterocycles. The molecule has 0 aromatic heterocycles. The van der Waals surface area contributed by atoms with Gasteiger partial charge in [0.2, 0.25) is 10.0 Å². The summed E-state index contributed by atoms with van der Waals surface area (Å²) >= 11 is 0. The van der Waals surface area contributed by atoms with E-state index in [1.807, 2.05) is 0 Å². The number of nitrogens with zero attached hydrogens (tertiary/aromatic N) is 2. The second kappa shape index (κ2) is 8.85. The molecule has 0 bridgehead atoms. The third-order valence-electron chi connectivity index (χ3n) is 4.93. The summed E-state index contributed by atoms with van der Waals surface area (Å²) < 4.78 is 31.9. The fourth-order valence-electron chi connectivity index (χ4n) is 3.24. The molecule has 1 N–H and O–H groups in total. The highest BCUT2D eigenvalue weighted by atomic mass is 32.2. The maximum absolute atomic E-state index is 12.7. The van der Waals surface area contributed by atoms with Crippen LogP contribution in [0.3, 0.4) is 0 Å². The third kappa shape index (κ3) is 4.63. The number of benzene rings is 2. The van der Waals surface area contributed by atoms with E-state index < -0.39 is 28.0 Å². The molecular weight excluding hydrogens is 408 g/mol. The molecule has 1 fully saturated rings. The molecular formula is C21H24N2O6S. The molecule has 1 heterocycles. The molecule has 2 aromatic rings. The van der Waals surface area contributed by atoms with Crippen LogP contribution in [0, 0.1) is 6.92 Å². The van der Waals surface area contributed by atoms with E-state index in [9.17, 15) is 23.1 Å². The number of sulfonamides is 1. The lowest BCUT2D eigenvalue weighted by Gasteiger charge is -2.35. The van der Waals surface area contributed by atoms with Gasteiger partial charge < -0.3 is 14.7 Å². The Kier molecular flexibility index (Phi) is 6.42. The first-order valence-electron chi connectivity index (χ1n) is 9.54. The van der Waals surface area contributed by atoms with E-state index in [1.54, 1.807) is 31.2 Å². The molecule has 0 radical (unpaired) electrons. The highest BCUT2D eigenvalue weighted by Gasteiger charge is 2.32. The minimum absolute atomic E-state index is 0.00609. The lowest BCUT2D eigenvalue weighted by molar-refractivity contribution is -0.141. The van der Waals surface area contributed by atoms with Crippen molar-refractivity contribution in [1.29, 1.82) is 0 Å². The minimum atomic E-state index is -3.61. The first-order chi connectivity index (χ1) is 14.2. The van der Waals surface area contributed by atoms with Crippen LogP contribution in [0.5, 0.6) is 5.75 Å². The zero-order chi connectivity index (χ0) is 21.9. The van der Waals surface area contributed by atoms with E-state index >= 15 is 0 Å². The number of aryl methyl sites for hydroxylation is 1. The average Bonchev–Trinajstić information content (AvgIpc) is 2.75. The highest BCUT2D eigenvalue weighted by Crippen LogP contribution is 2.21. The maximum atomic E-state index is 12.7. The number of carbonyl (C=O) groups is 2. The van der Waals surface area contributed by atoms with Gasteiger partial charge in [-0.15, -0.1) is 0 Å². The molecule has 1 aliphatic rings. The summed E-state index contributed by atoms with van der Waals surface area (Å²) in [5, 5.41) is 9.85. The molecule has 1 unspecified atom stereocenters. The van der Waals surface area contributed by atoms with Crippen LogP contribution in [-0.2, 0) is 19.6 Å². The van der Waals surface area contributed by atoms with Crippen molar-refractivity contribution in [3.05, 3.63) is 59.7 Å². The lowest BCUT2D eigenvalue weighted by Crippen LogP contribution is -2.52. The molecule has 0 aliphatic carbocycles. The lowest BCUT2D eigenvalue weighted by atomic mass is 10.1. The van der Waals surface area contributed by atoms with Crippen LogP contribution in [0.2, 0.25) is 0 Å². The van der Waals surface area contributed by atoms with Gasteiger partial charge in [0, 0.05) is 26.2 Å². The van der Waals surface area contributed by atoms with Crippen molar-refractivity contribution in [2.24, 2.45) is 0 Å². The van der Waals surface area contributed by atoms with Gasteiger partial charge in [-0.2, -0.15) is 4.31 Å². The Morgan fingerprint density at radius 2 is 1.67 bits per heavy atom. The van der Waals surface area contributed by atoms with E-state index in [2.05, 4.69) is 0 Å². The molecule has 160 valence electrons. The van der Waals surface area contributed by atoms with Gasteiger partial charge in [-0.1, -0.05) is 29.8 Å². The number of phenolic OH excluding ortho intramolecular Hbond substituents is 1. The number of aromatic hydroxyl groups is 1. The molecule has 9 heteroatoms. The average molecular weight is 432 g/mol. The van der Waals surface area contributed by atoms with Crippen LogP contribution >= 0.6 is 0 Å². The zero-order valence-corrected chi connectivity index (χ0v) is 17.6. The van der Waals surface area contributed by atoms with Gasteiger partial charge in [0.1, 0.15) is 11.3 Å².